The Balaban J connectivity index is 2.87. The molecule has 2 nitrogen and oxygen atoms in total. The Hall–Kier alpha value is -1.05. The second-order valence-corrected chi connectivity index (χ2v) is 1.71. The van der Waals surface area contributed by atoms with Crippen LogP contribution in [0.1, 0.15) is 0 Å². The largest absolute Gasteiger partial charge is 0.568 e. The summed E-state index contributed by atoms with van der Waals surface area (Å²) in [5.74, 6) is 1.03. The zero-order valence-corrected chi connectivity index (χ0v) is 5.28. The van der Waals surface area contributed by atoms with Crippen LogP contribution in [-0.2, 0) is 0 Å². The fourth-order valence-electron chi connectivity index (χ4n) is 0.621. The van der Waals surface area contributed by atoms with Crippen molar-refractivity contribution in [3.8, 4) is 11.5 Å². The van der Waals surface area contributed by atoms with Crippen molar-refractivity contribution in [1.29, 1.82) is 0 Å². The molecule has 0 spiro atoms. The highest BCUT2D eigenvalue weighted by molar-refractivity contribution is 6.00. The van der Waals surface area contributed by atoms with E-state index in [9.17, 15) is 0 Å². The smallest absolute Gasteiger partial charge is 0.374 e. The van der Waals surface area contributed by atoms with Crippen molar-refractivity contribution < 1.29 is 9.31 Å². The van der Waals surface area contributed by atoms with Crippen molar-refractivity contribution in [2.24, 2.45) is 0 Å². The summed E-state index contributed by atoms with van der Waals surface area (Å²) in [4.78, 5) is 0. The monoisotopic (exact) mass is 130 g/mol. The summed E-state index contributed by atoms with van der Waals surface area (Å²) in [6.07, 6.45) is 0. The summed E-state index contributed by atoms with van der Waals surface area (Å²) in [6.45, 7) is 0. The molecule has 4 radical (unpaired) electrons. The van der Waals surface area contributed by atoms with E-state index in [0.717, 1.165) is 0 Å². The highest BCUT2D eigenvalue weighted by atomic mass is 16.4. The summed E-state index contributed by atoms with van der Waals surface area (Å²) >= 11 is 0. The zero-order valence-electron chi connectivity index (χ0n) is 5.28. The van der Waals surface area contributed by atoms with Gasteiger partial charge < -0.3 is 9.31 Å². The summed E-state index contributed by atoms with van der Waals surface area (Å²) in [5, 5.41) is 0. The normalized spacial score (nSPS) is 8.80. The maximum atomic E-state index is 4.88. The maximum absolute atomic E-state index is 4.88. The molecular formula is C6H4B2O2. The molecule has 0 aliphatic carbocycles. The van der Waals surface area contributed by atoms with E-state index in [0.29, 0.717) is 11.5 Å². The van der Waals surface area contributed by atoms with Crippen LogP contribution in [0.3, 0.4) is 0 Å². The lowest BCUT2D eigenvalue weighted by Gasteiger charge is -2.02. The van der Waals surface area contributed by atoms with Crippen molar-refractivity contribution in [1.82, 2.24) is 0 Å². The maximum Gasteiger partial charge on any atom is 0.374 e. The van der Waals surface area contributed by atoms with Gasteiger partial charge in [-0.15, -0.1) is 0 Å². The Morgan fingerprint density at radius 3 is 1.90 bits per heavy atom. The number of hydrogen-bond acceptors (Lipinski definition) is 2. The van der Waals surface area contributed by atoms with Gasteiger partial charge in [0.2, 0.25) is 0 Å². The summed E-state index contributed by atoms with van der Waals surface area (Å²) in [7, 11) is 9.75. The Kier molecular flexibility index (Phi) is 2.26. The first-order valence-electron chi connectivity index (χ1n) is 2.70. The number of rotatable bonds is 2. The summed E-state index contributed by atoms with van der Waals surface area (Å²) < 4.78 is 8.84. The lowest BCUT2D eigenvalue weighted by molar-refractivity contribution is 0.588. The summed E-state index contributed by atoms with van der Waals surface area (Å²) in [5.41, 5.74) is 0. The van der Waals surface area contributed by atoms with E-state index in [1.807, 2.05) is 0 Å². The van der Waals surface area contributed by atoms with Gasteiger partial charge in [0.05, 0.1) is 0 Å². The predicted molar refractivity (Wildman–Crippen MR) is 39.2 cm³/mol. The van der Waals surface area contributed by atoms with Gasteiger partial charge in [0, 0.05) is 6.07 Å². The average molecular weight is 130 g/mol. The van der Waals surface area contributed by atoms with Crippen LogP contribution in [0.25, 0.3) is 0 Å². The van der Waals surface area contributed by atoms with Gasteiger partial charge in [0.25, 0.3) is 0 Å². The fourth-order valence-corrected chi connectivity index (χ4v) is 0.621. The molecule has 10 heavy (non-hydrogen) atoms. The number of hydrogen-bond donors (Lipinski definition) is 0. The lowest BCUT2D eigenvalue weighted by Crippen LogP contribution is -1.87. The van der Waals surface area contributed by atoms with Gasteiger partial charge in [-0.3, -0.25) is 0 Å². The van der Waals surface area contributed by atoms with Gasteiger partial charge in [-0.25, -0.2) is 0 Å². The van der Waals surface area contributed by atoms with E-state index in [2.05, 4.69) is 9.31 Å². The topological polar surface area (TPSA) is 18.5 Å². The molecule has 0 bridgehead atoms. The van der Waals surface area contributed by atoms with Gasteiger partial charge in [-0.05, 0) is 12.1 Å². The second kappa shape index (κ2) is 3.20. The van der Waals surface area contributed by atoms with Gasteiger partial charge in [0.1, 0.15) is 11.5 Å². The molecule has 0 atom stereocenters. The molecule has 0 saturated heterocycles. The van der Waals surface area contributed by atoms with Crippen molar-refractivity contribution in [2.75, 3.05) is 0 Å². The first kappa shape index (κ1) is 7.06. The van der Waals surface area contributed by atoms with E-state index in [4.69, 9.17) is 16.1 Å². The van der Waals surface area contributed by atoms with Crippen LogP contribution >= 0.6 is 0 Å². The molecule has 1 rings (SSSR count). The summed E-state index contributed by atoms with van der Waals surface area (Å²) in [6, 6.07) is 6.70. The van der Waals surface area contributed by atoms with Crippen molar-refractivity contribution in [2.45, 2.75) is 0 Å². The Labute approximate surface area is 62.0 Å². The van der Waals surface area contributed by atoms with E-state index < -0.39 is 0 Å². The molecular weight excluding hydrogens is 126 g/mol. The van der Waals surface area contributed by atoms with Gasteiger partial charge in [-0.2, -0.15) is 0 Å². The van der Waals surface area contributed by atoms with Gasteiger partial charge in [0.15, 0.2) is 0 Å². The minimum absolute atomic E-state index is 0.517. The highest BCUT2D eigenvalue weighted by Crippen LogP contribution is 2.17. The molecule has 0 heterocycles. The van der Waals surface area contributed by atoms with Crippen LogP contribution in [0.2, 0.25) is 0 Å². The van der Waals surface area contributed by atoms with Crippen LogP contribution in [0, 0.1) is 0 Å². The predicted octanol–water partition coefficient (Wildman–Crippen LogP) is 0.611. The van der Waals surface area contributed by atoms with Gasteiger partial charge in [-0.1, -0.05) is 6.07 Å². The molecule has 0 aromatic heterocycles. The van der Waals surface area contributed by atoms with Crippen LogP contribution < -0.4 is 9.31 Å². The Bertz CT molecular complexity index is 195. The van der Waals surface area contributed by atoms with Crippen molar-refractivity contribution >= 4 is 16.1 Å². The molecule has 0 fully saturated rings. The molecule has 1 aromatic carbocycles. The van der Waals surface area contributed by atoms with Crippen LogP contribution in [-0.4, -0.2) is 16.1 Å². The average Bonchev–Trinajstić information content (AvgIpc) is 2.05. The first-order chi connectivity index (χ1) is 4.86. The van der Waals surface area contributed by atoms with Crippen molar-refractivity contribution in [3.05, 3.63) is 24.3 Å². The standard InChI is InChI=1S/C6H4B2O2/c7-9-5-2-1-3-6(4-5)10-8/h1-4H. The molecule has 4 heteroatoms. The molecule has 1 aromatic rings. The molecule has 0 amide bonds. The van der Waals surface area contributed by atoms with E-state index in [-0.39, 0.29) is 0 Å². The molecule has 46 valence electrons. The second-order valence-electron chi connectivity index (χ2n) is 1.71. The van der Waals surface area contributed by atoms with Crippen LogP contribution in [0.4, 0.5) is 0 Å². The number of benzene rings is 1. The van der Waals surface area contributed by atoms with E-state index in [1.54, 1.807) is 24.3 Å². The highest BCUT2D eigenvalue weighted by Gasteiger charge is 1.91. The quantitative estimate of drug-likeness (QED) is 0.545. The third-order valence-corrected chi connectivity index (χ3v) is 1.08. The molecule has 0 saturated carbocycles. The van der Waals surface area contributed by atoms with E-state index >= 15 is 0 Å². The third-order valence-electron chi connectivity index (χ3n) is 1.08. The Morgan fingerprint density at radius 1 is 1.00 bits per heavy atom. The van der Waals surface area contributed by atoms with Crippen LogP contribution in [0.5, 0.6) is 11.5 Å². The molecule has 0 N–H and O–H groups in total. The molecule has 0 aliphatic rings. The minimum Gasteiger partial charge on any atom is -0.568 e. The third kappa shape index (κ3) is 1.47. The molecule has 0 aliphatic heterocycles. The SMILES string of the molecule is [B]Oc1cccc(O[B])c1. The minimum atomic E-state index is 0.517. The van der Waals surface area contributed by atoms with E-state index in [1.165, 1.54) is 0 Å². The van der Waals surface area contributed by atoms with Gasteiger partial charge >= 0.3 is 16.1 Å². The zero-order chi connectivity index (χ0) is 7.40. The van der Waals surface area contributed by atoms with Crippen molar-refractivity contribution in [3.63, 3.8) is 0 Å². The molecule has 0 unspecified atom stereocenters. The first-order valence-corrected chi connectivity index (χ1v) is 2.70. The fraction of sp³-hybridized carbons (Fsp3) is 0. The lowest BCUT2D eigenvalue weighted by atomic mass is 10.3. The van der Waals surface area contributed by atoms with Crippen LogP contribution in [0.15, 0.2) is 24.3 Å². The Morgan fingerprint density at radius 2 is 1.50 bits per heavy atom.